The Morgan fingerprint density at radius 3 is 1.82 bits per heavy atom. The van der Waals surface area contributed by atoms with Gasteiger partial charge in [0.1, 0.15) is 0 Å². The lowest BCUT2D eigenvalue weighted by molar-refractivity contribution is 0.491. The monoisotopic (exact) mass is 424 g/mol. The smallest absolute Gasteiger partial charge is 0.262 e. The van der Waals surface area contributed by atoms with E-state index >= 15 is 0 Å². The van der Waals surface area contributed by atoms with E-state index in [-0.39, 0.29) is 15.5 Å². The van der Waals surface area contributed by atoms with Gasteiger partial charge in [0.25, 0.3) is 10.0 Å². The second-order valence-corrected chi connectivity index (χ2v) is 11.4. The number of anilines is 1. The number of hydrogen-bond donors (Lipinski definition) is 2. The molecule has 2 rings (SSSR count). The highest BCUT2D eigenvalue weighted by atomic mass is 32.2. The number of rotatable bonds is 5. The molecule has 0 fully saturated rings. The van der Waals surface area contributed by atoms with Crippen LogP contribution in [0.5, 0.6) is 0 Å². The zero-order chi connectivity index (χ0) is 21.5. The van der Waals surface area contributed by atoms with Gasteiger partial charge >= 0.3 is 0 Å². The highest BCUT2D eigenvalue weighted by Crippen LogP contribution is 2.28. The summed E-state index contributed by atoms with van der Waals surface area (Å²) in [5, 5.41) is 0. The normalized spacial score (nSPS) is 12.8. The number of benzene rings is 2. The van der Waals surface area contributed by atoms with Gasteiger partial charge in [-0.3, -0.25) is 4.72 Å². The molecule has 2 N–H and O–H groups in total. The fourth-order valence-corrected chi connectivity index (χ4v) is 6.11. The van der Waals surface area contributed by atoms with Crippen LogP contribution in [0.2, 0.25) is 0 Å². The summed E-state index contributed by atoms with van der Waals surface area (Å²) in [5.74, 6) is 0. The molecule has 0 saturated heterocycles. The van der Waals surface area contributed by atoms with Crippen LogP contribution < -0.4 is 9.44 Å². The molecule has 0 spiro atoms. The fourth-order valence-electron chi connectivity index (χ4n) is 2.98. The largest absolute Gasteiger partial charge is 0.280 e. The summed E-state index contributed by atoms with van der Waals surface area (Å²) in [6, 6.07) is 7.74. The predicted octanol–water partition coefficient (Wildman–Crippen LogP) is 3.80. The molecule has 8 heteroatoms. The van der Waals surface area contributed by atoms with Gasteiger partial charge in [-0.15, -0.1) is 0 Å². The molecule has 2 aromatic carbocycles. The number of nitrogens with one attached hydrogen (secondary N) is 2. The molecule has 0 atom stereocenters. The van der Waals surface area contributed by atoms with Crippen LogP contribution >= 0.6 is 0 Å². The van der Waals surface area contributed by atoms with Gasteiger partial charge < -0.3 is 0 Å². The molecule has 0 aliphatic carbocycles. The van der Waals surface area contributed by atoms with Crippen LogP contribution in [0.4, 0.5) is 5.69 Å². The maximum atomic E-state index is 13.1. The molecule has 0 aliphatic heterocycles. The Bertz CT molecular complexity index is 1090. The van der Waals surface area contributed by atoms with Crippen molar-refractivity contribution in [2.75, 3.05) is 4.72 Å². The molecule has 0 saturated carbocycles. The van der Waals surface area contributed by atoms with Crippen LogP contribution in [0, 0.1) is 27.7 Å². The highest BCUT2D eigenvalue weighted by Gasteiger charge is 2.25. The lowest BCUT2D eigenvalue weighted by Gasteiger charge is -2.21. The van der Waals surface area contributed by atoms with Crippen molar-refractivity contribution in [2.45, 2.75) is 63.8 Å². The van der Waals surface area contributed by atoms with E-state index in [1.54, 1.807) is 34.6 Å². The van der Waals surface area contributed by atoms with E-state index in [4.69, 9.17) is 0 Å². The average molecular weight is 425 g/mol. The average Bonchev–Trinajstić information content (AvgIpc) is 2.50. The Hall–Kier alpha value is -1.90. The third-order valence-electron chi connectivity index (χ3n) is 4.40. The van der Waals surface area contributed by atoms with Crippen LogP contribution in [0.3, 0.4) is 0 Å². The van der Waals surface area contributed by atoms with E-state index in [0.717, 1.165) is 11.1 Å². The van der Waals surface area contributed by atoms with Crippen molar-refractivity contribution in [3.8, 4) is 0 Å². The van der Waals surface area contributed by atoms with E-state index in [0.29, 0.717) is 11.1 Å². The van der Waals surface area contributed by atoms with Crippen molar-refractivity contribution in [2.24, 2.45) is 0 Å². The Labute approximate surface area is 168 Å². The molecule has 0 bridgehead atoms. The van der Waals surface area contributed by atoms with Gasteiger partial charge in [-0.1, -0.05) is 12.1 Å². The van der Waals surface area contributed by atoms with Gasteiger partial charge in [-0.25, -0.2) is 21.6 Å². The van der Waals surface area contributed by atoms with Crippen LogP contribution in [0.15, 0.2) is 40.1 Å². The summed E-state index contributed by atoms with van der Waals surface area (Å²) in [6.45, 7) is 12.5. The molecule has 0 aliphatic rings. The zero-order valence-electron chi connectivity index (χ0n) is 17.3. The SMILES string of the molecule is Cc1cc(C)c(C)c(S(=O)(=O)Nc2cccc(S(=O)(=O)NC(C)(C)C)c2)c1C. The molecule has 0 unspecified atom stereocenters. The zero-order valence-corrected chi connectivity index (χ0v) is 19.0. The van der Waals surface area contributed by atoms with E-state index < -0.39 is 25.6 Å². The minimum Gasteiger partial charge on any atom is -0.280 e. The van der Waals surface area contributed by atoms with Gasteiger partial charge in [0.05, 0.1) is 15.5 Å². The topological polar surface area (TPSA) is 92.3 Å². The summed E-state index contributed by atoms with van der Waals surface area (Å²) in [7, 11) is -7.66. The van der Waals surface area contributed by atoms with Gasteiger partial charge in [0.15, 0.2) is 0 Å². The van der Waals surface area contributed by atoms with Gasteiger partial charge in [-0.05, 0) is 88.9 Å². The summed E-state index contributed by atoms with van der Waals surface area (Å²) >= 11 is 0. The first-order valence-electron chi connectivity index (χ1n) is 8.88. The third-order valence-corrected chi connectivity index (χ3v) is 7.81. The fraction of sp³-hybridized carbons (Fsp3) is 0.400. The Balaban J connectivity index is 2.48. The minimum absolute atomic E-state index is 0.00325. The number of sulfonamides is 2. The lowest BCUT2D eigenvalue weighted by atomic mass is 10.0. The maximum absolute atomic E-state index is 13.1. The Morgan fingerprint density at radius 2 is 1.32 bits per heavy atom. The van der Waals surface area contributed by atoms with Crippen LogP contribution in [-0.2, 0) is 20.0 Å². The molecule has 0 radical (unpaired) electrons. The summed E-state index contributed by atoms with van der Waals surface area (Å²) in [4.78, 5) is 0.225. The van der Waals surface area contributed by atoms with E-state index in [9.17, 15) is 16.8 Å². The van der Waals surface area contributed by atoms with E-state index in [1.165, 1.54) is 24.3 Å². The second kappa shape index (κ2) is 7.50. The van der Waals surface area contributed by atoms with Crippen molar-refractivity contribution in [3.63, 3.8) is 0 Å². The maximum Gasteiger partial charge on any atom is 0.262 e. The first kappa shape index (κ1) is 22.4. The highest BCUT2D eigenvalue weighted by molar-refractivity contribution is 7.92. The molecule has 0 aromatic heterocycles. The first-order valence-corrected chi connectivity index (χ1v) is 11.8. The summed E-state index contributed by atoms with van der Waals surface area (Å²) in [6.07, 6.45) is 0. The molecular weight excluding hydrogens is 396 g/mol. The van der Waals surface area contributed by atoms with E-state index in [1.807, 2.05) is 19.9 Å². The molecule has 0 amide bonds. The molecule has 0 heterocycles. The van der Waals surface area contributed by atoms with E-state index in [2.05, 4.69) is 9.44 Å². The number of aryl methyl sites for hydroxylation is 2. The molecular formula is C20H28N2O4S2. The van der Waals surface area contributed by atoms with Crippen molar-refractivity contribution in [3.05, 3.63) is 52.6 Å². The minimum atomic E-state index is -3.88. The van der Waals surface area contributed by atoms with Crippen molar-refractivity contribution in [1.82, 2.24) is 4.72 Å². The third kappa shape index (κ3) is 4.92. The van der Waals surface area contributed by atoms with Crippen molar-refractivity contribution < 1.29 is 16.8 Å². The number of hydrogen-bond acceptors (Lipinski definition) is 4. The Morgan fingerprint density at radius 1 is 0.786 bits per heavy atom. The van der Waals surface area contributed by atoms with Gasteiger partial charge in [0.2, 0.25) is 10.0 Å². The van der Waals surface area contributed by atoms with Crippen molar-refractivity contribution in [1.29, 1.82) is 0 Å². The Kier molecular flexibility index (Phi) is 5.99. The molecule has 154 valence electrons. The molecule has 6 nitrogen and oxygen atoms in total. The van der Waals surface area contributed by atoms with Crippen LogP contribution in [0.1, 0.15) is 43.0 Å². The van der Waals surface area contributed by atoms with Gasteiger partial charge in [0, 0.05) is 5.54 Å². The standard InChI is InChI=1S/C20H28N2O4S2/c1-13-11-14(2)16(4)19(15(13)3)28(25,26)21-17-9-8-10-18(12-17)27(23,24)22-20(5,6)7/h8-12,21-22H,1-7H3. The summed E-state index contributed by atoms with van der Waals surface area (Å²) in [5.41, 5.74) is 2.66. The van der Waals surface area contributed by atoms with Crippen molar-refractivity contribution >= 4 is 25.7 Å². The van der Waals surface area contributed by atoms with Gasteiger partial charge in [-0.2, -0.15) is 0 Å². The van der Waals surface area contributed by atoms with Crippen LogP contribution in [-0.4, -0.2) is 22.4 Å². The first-order chi connectivity index (χ1) is 12.6. The molecule has 28 heavy (non-hydrogen) atoms. The van der Waals surface area contributed by atoms with Crippen LogP contribution in [0.25, 0.3) is 0 Å². The lowest BCUT2D eigenvalue weighted by Crippen LogP contribution is -2.40. The molecule has 2 aromatic rings. The predicted molar refractivity (Wildman–Crippen MR) is 113 cm³/mol. The summed E-state index contributed by atoms with van der Waals surface area (Å²) < 4.78 is 56.3. The second-order valence-electron chi connectivity index (χ2n) is 8.08. The quantitative estimate of drug-likeness (QED) is 0.764.